The van der Waals surface area contributed by atoms with Gasteiger partial charge < -0.3 is 10.3 Å². The number of hydrogen-bond acceptors (Lipinski definition) is 1. The highest BCUT2D eigenvalue weighted by molar-refractivity contribution is 5.13. The number of rotatable bonds is 1. The molecule has 2 aliphatic heterocycles. The van der Waals surface area contributed by atoms with E-state index in [1.807, 2.05) is 6.20 Å². The Balaban J connectivity index is 1.80. The molecule has 2 nitrogen and oxygen atoms in total. The minimum Gasteiger partial charge on any atom is -0.365 e. The van der Waals surface area contributed by atoms with Crippen LogP contribution in [0.15, 0.2) is 18.3 Å². The van der Waals surface area contributed by atoms with Crippen LogP contribution in [-0.2, 0) is 0 Å². The summed E-state index contributed by atoms with van der Waals surface area (Å²) in [6.07, 6.45) is 7.48. The molecule has 1 aromatic heterocycles. The third kappa shape index (κ3) is 1.29. The lowest BCUT2D eigenvalue weighted by atomic mass is 9.90. The van der Waals surface area contributed by atoms with Crippen LogP contribution in [0.2, 0.25) is 0 Å². The lowest BCUT2D eigenvalue weighted by molar-refractivity contribution is 0.359. The van der Waals surface area contributed by atoms with Crippen molar-refractivity contribution in [1.82, 2.24) is 10.3 Å². The predicted octanol–water partition coefficient (Wildman–Crippen LogP) is 2.01. The van der Waals surface area contributed by atoms with Gasteiger partial charge in [-0.15, -0.1) is 0 Å². The Morgan fingerprint density at radius 2 is 1.92 bits per heavy atom. The van der Waals surface area contributed by atoms with Gasteiger partial charge in [0.15, 0.2) is 0 Å². The lowest BCUT2D eigenvalue weighted by Crippen LogP contribution is -2.37. The normalized spacial score (nSPS) is 38.0. The van der Waals surface area contributed by atoms with Crippen molar-refractivity contribution >= 4 is 0 Å². The fourth-order valence-corrected chi connectivity index (χ4v) is 2.91. The van der Waals surface area contributed by atoms with E-state index >= 15 is 0 Å². The minimum absolute atomic E-state index is 0.786. The van der Waals surface area contributed by atoms with Crippen molar-refractivity contribution < 1.29 is 0 Å². The first-order valence-corrected chi connectivity index (χ1v) is 5.31. The van der Waals surface area contributed by atoms with Gasteiger partial charge in [-0.1, -0.05) is 0 Å². The van der Waals surface area contributed by atoms with Crippen LogP contribution in [-0.4, -0.2) is 17.1 Å². The van der Waals surface area contributed by atoms with E-state index in [-0.39, 0.29) is 0 Å². The summed E-state index contributed by atoms with van der Waals surface area (Å²) in [5.41, 5.74) is 1.44. The maximum atomic E-state index is 3.67. The first kappa shape index (κ1) is 7.63. The highest BCUT2D eigenvalue weighted by atomic mass is 15.0. The molecule has 2 bridgehead atoms. The molecule has 2 unspecified atom stereocenters. The quantitative estimate of drug-likeness (QED) is 0.673. The zero-order valence-electron chi connectivity index (χ0n) is 7.79. The largest absolute Gasteiger partial charge is 0.365 e. The molecule has 2 N–H and O–H groups in total. The average Bonchev–Trinajstić information content (AvgIpc) is 2.75. The second-order valence-electron chi connectivity index (χ2n) is 4.43. The molecule has 0 amide bonds. The molecule has 2 atom stereocenters. The number of hydrogen-bond donors (Lipinski definition) is 2. The Kier molecular flexibility index (Phi) is 1.69. The van der Waals surface area contributed by atoms with E-state index < -0.39 is 0 Å². The minimum atomic E-state index is 0.786. The number of aromatic nitrogens is 1. The Labute approximate surface area is 78.7 Å². The van der Waals surface area contributed by atoms with Gasteiger partial charge >= 0.3 is 0 Å². The highest BCUT2D eigenvalue weighted by Crippen LogP contribution is 2.36. The van der Waals surface area contributed by atoms with Crippen LogP contribution in [0.5, 0.6) is 0 Å². The van der Waals surface area contributed by atoms with E-state index in [4.69, 9.17) is 0 Å². The van der Waals surface area contributed by atoms with Crippen LogP contribution in [0.3, 0.4) is 0 Å². The molecule has 1 aromatic rings. The molecule has 3 heterocycles. The van der Waals surface area contributed by atoms with Crippen LogP contribution in [0.1, 0.15) is 37.3 Å². The van der Waals surface area contributed by atoms with Crippen LogP contribution in [0.4, 0.5) is 0 Å². The van der Waals surface area contributed by atoms with Crippen LogP contribution in [0, 0.1) is 0 Å². The summed E-state index contributed by atoms with van der Waals surface area (Å²) in [5, 5.41) is 3.67. The van der Waals surface area contributed by atoms with Crippen molar-refractivity contribution in [2.45, 2.75) is 43.7 Å². The van der Waals surface area contributed by atoms with E-state index in [9.17, 15) is 0 Å². The number of nitrogens with one attached hydrogen (secondary N) is 2. The van der Waals surface area contributed by atoms with Gasteiger partial charge in [-0.3, -0.25) is 0 Å². The molecule has 0 aliphatic carbocycles. The number of H-pyrrole nitrogens is 1. The van der Waals surface area contributed by atoms with Gasteiger partial charge in [0.2, 0.25) is 0 Å². The maximum Gasteiger partial charge on any atom is 0.0179 e. The third-order valence-corrected chi connectivity index (χ3v) is 3.53. The predicted molar refractivity (Wildman–Crippen MR) is 52.7 cm³/mol. The van der Waals surface area contributed by atoms with Crippen molar-refractivity contribution in [2.75, 3.05) is 0 Å². The van der Waals surface area contributed by atoms with E-state index in [0.717, 1.165) is 18.0 Å². The first-order chi connectivity index (χ1) is 6.42. The fourth-order valence-electron chi connectivity index (χ4n) is 2.91. The summed E-state index contributed by atoms with van der Waals surface area (Å²) in [7, 11) is 0. The SMILES string of the molecule is c1c[nH]c(C2CC3CCC(C2)N3)c1. The van der Waals surface area contributed by atoms with Gasteiger partial charge in [0.05, 0.1) is 0 Å². The summed E-state index contributed by atoms with van der Waals surface area (Å²) < 4.78 is 0. The summed E-state index contributed by atoms with van der Waals surface area (Å²) in [6, 6.07) is 5.94. The average molecular weight is 176 g/mol. The van der Waals surface area contributed by atoms with Gasteiger partial charge in [-0.05, 0) is 37.8 Å². The summed E-state index contributed by atoms with van der Waals surface area (Å²) in [5.74, 6) is 0.786. The van der Waals surface area contributed by atoms with Gasteiger partial charge in [0.1, 0.15) is 0 Å². The Bertz CT molecular complexity index is 266. The molecule has 0 aromatic carbocycles. The highest BCUT2D eigenvalue weighted by Gasteiger charge is 2.34. The van der Waals surface area contributed by atoms with Gasteiger partial charge in [-0.2, -0.15) is 0 Å². The van der Waals surface area contributed by atoms with Crippen molar-refractivity contribution in [3.8, 4) is 0 Å². The molecular weight excluding hydrogens is 160 g/mol. The van der Waals surface area contributed by atoms with Crippen molar-refractivity contribution in [1.29, 1.82) is 0 Å². The van der Waals surface area contributed by atoms with Crippen LogP contribution in [0.25, 0.3) is 0 Å². The molecule has 2 fully saturated rings. The van der Waals surface area contributed by atoms with E-state index in [2.05, 4.69) is 22.4 Å². The second-order valence-corrected chi connectivity index (χ2v) is 4.43. The molecule has 0 radical (unpaired) electrons. The van der Waals surface area contributed by atoms with E-state index in [1.165, 1.54) is 31.4 Å². The Morgan fingerprint density at radius 1 is 1.15 bits per heavy atom. The smallest absolute Gasteiger partial charge is 0.0179 e. The van der Waals surface area contributed by atoms with Gasteiger partial charge in [-0.25, -0.2) is 0 Å². The monoisotopic (exact) mass is 176 g/mol. The Morgan fingerprint density at radius 3 is 2.54 bits per heavy atom. The van der Waals surface area contributed by atoms with Crippen molar-refractivity contribution in [3.05, 3.63) is 24.0 Å². The van der Waals surface area contributed by atoms with Crippen LogP contribution >= 0.6 is 0 Å². The maximum absolute atomic E-state index is 3.67. The molecule has 0 saturated carbocycles. The third-order valence-electron chi connectivity index (χ3n) is 3.53. The summed E-state index contributed by atoms with van der Waals surface area (Å²) >= 11 is 0. The van der Waals surface area contributed by atoms with Crippen LogP contribution < -0.4 is 5.32 Å². The molecule has 2 saturated heterocycles. The number of piperidine rings is 1. The first-order valence-electron chi connectivity index (χ1n) is 5.31. The zero-order valence-corrected chi connectivity index (χ0v) is 7.79. The van der Waals surface area contributed by atoms with Gasteiger partial charge in [0.25, 0.3) is 0 Å². The van der Waals surface area contributed by atoms with Crippen molar-refractivity contribution in [2.24, 2.45) is 0 Å². The zero-order chi connectivity index (χ0) is 8.67. The summed E-state index contributed by atoms with van der Waals surface area (Å²) in [6.45, 7) is 0. The number of fused-ring (bicyclic) bond motifs is 2. The van der Waals surface area contributed by atoms with E-state index in [1.54, 1.807) is 0 Å². The molecule has 13 heavy (non-hydrogen) atoms. The summed E-state index contributed by atoms with van der Waals surface area (Å²) in [4.78, 5) is 3.35. The fraction of sp³-hybridized carbons (Fsp3) is 0.636. The molecule has 70 valence electrons. The standard InChI is InChI=1S/C11H16N2/c1-2-11(12-5-1)8-6-9-3-4-10(7-8)13-9/h1-2,5,8-10,12-13H,3-4,6-7H2. The van der Waals surface area contributed by atoms with Gasteiger partial charge in [0, 0.05) is 29.9 Å². The molecule has 3 rings (SSSR count). The molecule has 0 spiro atoms. The topological polar surface area (TPSA) is 27.8 Å². The number of aromatic amines is 1. The van der Waals surface area contributed by atoms with Crippen molar-refractivity contribution in [3.63, 3.8) is 0 Å². The van der Waals surface area contributed by atoms with E-state index in [0.29, 0.717) is 0 Å². The second kappa shape index (κ2) is 2.88. The Hall–Kier alpha value is -0.760. The molecule has 2 heteroatoms. The lowest BCUT2D eigenvalue weighted by Gasteiger charge is -2.28. The molecular formula is C11H16N2. The molecule has 2 aliphatic rings.